The molecule has 0 aliphatic heterocycles. The topological polar surface area (TPSA) is 24.9 Å². The number of nitrogens with zero attached hydrogens (tertiary/aromatic N) is 1. The summed E-state index contributed by atoms with van der Waals surface area (Å²) in [7, 11) is 0. The molecule has 1 N–H and O–H groups in total. The largest absolute Gasteiger partial charge is 0.368 e. The normalized spacial score (nSPS) is 10.4. The second-order valence-corrected chi connectivity index (χ2v) is 4.33. The summed E-state index contributed by atoms with van der Waals surface area (Å²) in [6.07, 6.45) is 5.66. The predicted octanol–water partition coefficient (Wildman–Crippen LogP) is 4.09. The zero-order valence-electron chi connectivity index (χ0n) is 8.98. The molecule has 0 bridgehead atoms. The minimum absolute atomic E-state index is 0.266. The number of unbranched alkanes of at least 4 members (excludes halogenated alkanes) is 3. The van der Waals surface area contributed by atoms with Crippen LogP contribution < -0.4 is 5.32 Å². The highest BCUT2D eigenvalue weighted by Gasteiger charge is 2.02. The van der Waals surface area contributed by atoms with Gasteiger partial charge in [0.2, 0.25) is 0 Å². The lowest BCUT2D eigenvalue weighted by molar-refractivity contribution is 0.621. The van der Waals surface area contributed by atoms with Crippen molar-refractivity contribution in [3.63, 3.8) is 0 Å². The van der Waals surface area contributed by atoms with Crippen molar-refractivity contribution >= 4 is 29.0 Å². The third kappa shape index (κ3) is 4.99. The first-order chi connectivity index (χ1) is 7.74. The van der Waals surface area contributed by atoms with E-state index in [-0.39, 0.29) is 5.82 Å². The van der Waals surface area contributed by atoms with Gasteiger partial charge in [-0.05, 0) is 18.9 Å². The van der Waals surface area contributed by atoms with Crippen molar-refractivity contribution in [1.82, 2.24) is 4.98 Å². The standard InChI is InChI=1S/C11H15Cl2FN2/c12-5-3-1-2-4-6-15-11-10(14)7-9(13)8-16-11/h7-8H,1-6H2,(H,15,16). The molecule has 1 aromatic heterocycles. The molecule has 0 saturated heterocycles. The average molecular weight is 265 g/mol. The Hall–Kier alpha value is -0.540. The number of hydrogen-bond acceptors (Lipinski definition) is 2. The fourth-order valence-electron chi connectivity index (χ4n) is 1.32. The Kier molecular flexibility index (Phi) is 6.50. The van der Waals surface area contributed by atoms with Crippen LogP contribution in [0.3, 0.4) is 0 Å². The number of pyridine rings is 1. The van der Waals surface area contributed by atoms with Crippen LogP contribution in [-0.4, -0.2) is 17.4 Å². The van der Waals surface area contributed by atoms with Crippen LogP contribution in [0.4, 0.5) is 10.2 Å². The van der Waals surface area contributed by atoms with E-state index in [0.29, 0.717) is 17.4 Å². The number of anilines is 1. The summed E-state index contributed by atoms with van der Waals surface area (Å²) in [6, 6.07) is 1.25. The van der Waals surface area contributed by atoms with Gasteiger partial charge in [-0.2, -0.15) is 0 Å². The predicted molar refractivity (Wildman–Crippen MR) is 66.9 cm³/mol. The smallest absolute Gasteiger partial charge is 0.166 e. The van der Waals surface area contributed by atoms with Gasteiger partial charge < -0.3 is 5.32 Å². The molecule has 0 atom stereocenters. The summed E-state index contributed by atoms with van der Waals surface area (Å²) >= 11 is 11.2. The van der Waals surface area contributed by atoms with Crippen LogP contribution in [0.1, 0.15) is 25.7 Å². The van der Waals surface area contributed by atoms with Gasteiger partial charge in [-0.15, -0.1) is 11.6 Å². The average Bonchev–Trinajstić information content (AvgIpc) is 2.26. The van der Waals surface area contributed by atoms with E-state index in [1.54, 1.807) is 0 Å². The maximum atomic E-state index is 13.3. The maximum absolute atomic E-state index is 13.3. The van der Waals surface area contributed by atoms with Crippen LogP contribution in [0.2, 0.25) is 5.02 Å². The van der Waals surface area contributed by atoms with Gasteiger partial charge in [0.25, 0.3) is 0 Å². The zero-order chi connectivity index (χ0) is 11.8. The number of alkyl halides is 1. The SMILES string of the molecule is Fc1cc(Cl)cnc1NCCCCCCCl. The van der Waals surface area contributed by atoms with Gasteiger partial charge in [-0.1, -0.05) is 24.4 Å². The number of hydrogen-bond donors (Lipinski definition) is 1. The molecule has 0 spiro atoms. The Morgan fingerprint density at radius 1 is 1.25 bits per heavy atom. The highest BCUT2D eigenvalue weighted by atomic mass is 35.5. The van der Waals surface area contributed by atoms with Gasteiger partial charge >= 0.3 is 0 Å². The first kappa shape index (κ1) is 13.5. The van der Waals surface area contributed by atoms with E-state index in [1.807, 2.05) is 0 Å². The quantitative estimate of drug-likeness (QED) is 0.593. The van der Waals surface area contributed by atoms with Crippen molar-refractivity contribution in [2.24, 2.45) is 0 Å². The van der Waals surface area contributed by atoms with Crippen molar-refractivity contribution in [2.75, 3.05) is 17.7 Å². The second kappa shape index (κ2) is 7.69. The Balaban J connectivity index is 2.21. The first-order valence-corrected chi connectivity index (χ1v) is 6.26. The van der Waals surface area contributed by atoms with Gasteiger partial charge in [-0.3, -0.25) is 0 Å². The molecule has 1 heterocycles. The highest BCUT2D eigenvalue weighted by Crippen LogP contribution is 2.15. The van der Waals surface area contributed by atoms with Crippen molar-refractivity contribution in [3.05, 3.63) is 23.1 Å². The van der Waals surface area contributed by atoms with Crippen LogP contribution in [0.5, 0.6) is 0 Å². The number of rotatable bonds is 7. The first-order valence-electron chi connectivity index (χ1n) is 5.35. The summed E-state index contributed by atoms with van der Waals surface area (Å²) < 4.78 is 13.3. The summed E-state index contributed by atoms with van der Waals surface area (Å²) in [5.41, 5.74) is 0. The summed E-state index contributed by atoms with van der Waals surface area (Å²) in [5.74, 6) is 0.566. The van der Waals surface area contributed by atoms with E-state index in [2.05, 4.69) is 10.3 Å². The van der Waals surface area contributed by atoms with Gasteiger partial charge in [0.05, 0.1) is 5.02 Å². The Labute approximate surface area is 105 Å². The monoisotopic (exact) mass is 264 g/mol. The van der Waals surface area contributed by atoms with Crippen LogP contribution in [0.15, 0.2) is 12.3 Å². The van der Waals surface area contributed by atoms with E-state index in [9.17, 15) is 4.39 Å². The van der Waals surface area contributed by atoms with E-state index in [4.69, 9.17) is 23.2 Å². The van der Waals surface area contributed by atoms with Crippen LogP contribution >= 0.6 is 23.2 Å². The molecule has 0 saturated carbocycles. The fraction of sp³-hybridized carbons (Fsp3) is 0.545. The second-order valence-electron chi connectivity index (χ2n) is 3.51. The van der Waals surface area contributed by atoms with Crippen molar-refractivity contribution in [3.8, 4) is 0 Å². The van der Waals surface area contributed by atoms with E-state index in [0.717, 1.165) is 25.7 Å². The van der Waals surface area contributed by atoms with E-state index < -0.39 is 5.82 Å². The van der Waals surface area contributed by atoms with Crippen molar-refractivity contribution in [1.29, 1.82) is 0 Å². The summed E-state index contributed by atoms with van der Waals surface area (Å²) in [5, 5.41) is 3.25. The summed E-state index contributed by atoms with van der Waals surface area (Å²) in [6.45, 7) is 0.716. The molecule has 0 aliphatic carbocycles. The van der Waals surface area contributed by atoms with Crippen molar-refractivity contribution < 1.29 is 4.39 Å². The molecule has 0 fully saturated rings. The molecule has 5 heteroatoms. The number of nitrogens with one attached hydrogen (secondary N) is 1. The Morgan fingerprint density at radius 3 is 2.69 bits per heavy atom. The highest BCUT2D eigenvalue weighted by molar-refractivity contribution is 6.30. The van der Waals surface area contributed by atoms with Gasteiger partial charge in [0.15, 0.2) is 11.6 Å². The molecule has 0 amide bonds. The van der Waals surface area contributed by atoms with Gasteiger partial charge in [-0.25, -0.2) is 9.37 Å². The lowest BCUT2D eigenvalue weighted by Gasteiger charge is -2.06. The molecule has 0 radical (unpaired) electrons. The van der Waals surface area contributed by atoms with Gasteiger partial charge in [0, 0.05) is 18.6 Å². The molecule has 90 valence electrons. The number of halogens is 3. The molecule has 2 nitrogen and oxygen atoms in total. The lowest BCUT2D eigenvalue weighted by Crippen LogP contribution is -2.05. The molecule has 1 rings (SSSR count). The molecule has 0 unspecified atom stereocenters. The van der Waals surface area contributed by atoms with Crippen LogP contribution in [0.25, 0.3) is 0 Å². The molecule has 0 aliphatic rings. The minimum Gasteiger partial charge on any atom is -0.368 e. The van der Waals surface area contributed by atoms with E-state index >= 15 is 0 Å². The van der Waals surface area contributed by atoms with Crippen LogP contribution in [-0.2, 0) is 0 Å². The number of aromatic nitrogens is 1. The zero-order valence-corrected chi connectivity index (χ0v) is 10.5. The molecule has 16 heavy (non-hydrogen) atoms. The maximum Gasteiger partial charge on any atom is 0.166 e. The third-order valence-corrected chi connectivity index (χ3v) is 2.63. The van der Waals surface area contributed by atoms with Crippen LogP contribution in [0, 0.1) is 5.82 Å². The van der Waals surface area contributed by atoms with Crippen molar-refractivity contribution in [2.45, 2.75) is 25.7 Å². The minimum atomic E-state index is -0.409. The Morgan fingerprint density at radius 2 is 2.00 bits per heavy atom. The third-order valence-electron chi connectivity index (χ3n) is 2.16. The summed E-state index contributed by atoms with van der Waals surface area (Å²) in [4.78, 5) is 3.87. The molecule has 1 aromatic rings. The Bertz CT molecular complexity index is 321. The molecular formula is C11H15Cl2FN2. The van der Waals surface area contributed by atoms with Gasteiger partial charge in [0.1, 0.15) is 0 Å². The molecular weight excluding hydrogens is 250 g/mol. The fourth-order valence-corrected chi connectivity index (χ4v) is 1.66. The lowest BCUT2D eigenvalue weighted by atomic mass is 10.2. The van der Waals surface area contributed by atoms with E-state index in [1.165, 1.54) is 12.3 Å². The molecule has 0 aromatic carbocycles.